The highest BCUT2D eigenvalue weighted by molar-refractivity contribution is 6.31. The number of hydrogen-bond donors (Lipinski definition) is 1. The quantitative estimate of drug-likeness (QED) is 0.590. The zero-order valence-electron chi connectivity index (χ0n) is 18.6. The summed E-state index contributed by atoms with van der Waals surface area (Å²) in [5.41, 5.74) is 1.69. The van der Waals surface area contributed by atoms with Gasteiger partial charge in [-0.2, -0.15) is 0 Å². The van der Waals surface area contributed by atoms with Crippen LogP contribution in [0.3, 0.4) is 0 Å². The second kappa shape index (κ2) is 8.26. The van der Waals surface area contributed by atoms with E-state index in [9.17, 15) is 14.7 Å². The van der Waals surface area contributed by atoms with Crippen LogP contribution in [-0.4, -0.2) is 27.9 Å². The van der Waals surface area contributed by atoms with Crippen molar-refractivity contribution in [3.05, 3.63) is 63.0 Å². The van der Waals surface area contributed by atoms with E-state index in [1.165, 1.54) is 4.57 Å². The number of ether oxygens (including phenoxy) is 2. The molecule has 168 valence electrons. The lowest BCUT2D eigenvalue weighted by Gasteiger charge is -2.29. The number of pyridine rings is 1. The van der Waals surface area contributed by atoms with Crippen LogP contribution >= 0.6 is 11.6 Å². The molecule has 0 amide bonds. The molecule has 3 aromatic rings. The SMILES string of the molecule is Cn1c(C(OC(C)(C)C)C(=O)O)c(-c2ccc3c(c2)CCCO3)c2cc(Cl)ccc2c1=O. The molecule has 7 heteroatoms. The first kappa shape index (κ1) is 22.4. The highest BCUT2D eigenvalue weighted by Gasteiger charge is 2.33. The Balaban J connectivity index is 2.10. The van der Waals surface area contributed by atoms with Gasteiger partial charge in [0, 0.05) is 23.0 Å². The summed E-state index contributed by atoms with van der Waals surface area (Å²) in [6, 6.07) is 10.8. The molecule has 1 aliphatic rings. The predicted octanol–water partition coefficient (Wildman–Crippen LogP) is 5.12. The first-order valence-corrected chi connectivity index (χ1v) is 10.9. The first-order valence-electron chi connectivity index (χ1n) is 10.6. The topological polar surface area (TPSA) is 77.8 Å². The normalized spacial score (nSPS) is 14.7. The lowest BCUT2D eigenvalue weighted by Crippen LogP contribution is -2.33. The summed E-state index contributed by atoms with van der Waals surface area (Å²) < 4.78 is 13.1. The Hall–Kier alpha value is -2.83. The van der Waals surface area contributed by atoms with Crippen molar-refractivity contribution in [2.75, 3.05) is 6.61 Å². The molecule has 1 atom stereocenters. The van der Waals surface area contributed by atoms with Gasteiger partial charge in [0.1, 0.15) is 5.75 Å². The fraction of sp³-hybridized carbons (Fsp3) is 0.360. The molecule has 0 saturated heterocycles. The average molecular weight is 456 g/mol. The Morgan fingerprint density at radius 3 is 2.62 bits per heavy atom. The minimum absolute atomic E-state index is 0.281. The predicted molar refractivity (Wildman–Crippen MR) is 125 cm³/mol. The second-order valence-corrected chi connectivity index (χ2v) is 9.47. The number of halogens is 1. The van der Waals surface area contributed by atoms with Crippen LogP contribution in [0.5, 0.6) is 5.75 Å². The number of benzene rings is 2. The maximum absolute atomic E-state index is 13.2. The summed E-state index contributed by atoms with van der Waals surface area (Å²) in [5.74, 6) is -0.340. The summed E-state index contributed by atoms with van der Waals surface area (Å²) in [4.78, 5) is 25.6. The molecule has 1 aliphatic heterocycles. The number of aliphatic carboxylic acids is 1. The van der Waals surface area contributed by atoms with Crippen LogP contribution in [0.1, 0.15) is 44.6 Å². The Morgan fingerprint density at radius 1 is 1.19 bits per heavy atom. The largest absolute Gasteiger partial charge is 0.493 e. The van der Waals surface area contributed by atoms with E-state index in [2.05, 4.69) is 0 Å². The van der Waals surface area contributed by atoms with E-state index in [1.54, 1.807) is 46.0 Å². The van der Waals surface area contributed by atoms with Crippen molar-refractivity contribution in [3.8, 4) is 16.9 Å². The van der Waals surface area contributed by atoms with Crippen molar-refractivity contribution < 1.29 is 19.4 Å². The maximum atomic E-state index is 13.2. The molecular weight excluding hydrogens is 430 g/mol. The van der Waals surface area contributed by atoms with E-state index in [4.69, 9.17) is 21.1 Å². The summed E-state index contributed by atoms with van der Waals surface area (Å²) in [6.07, 6.45) is 0.427. The Kier molecular flexibility index (Phi) is 5.77. The van der Waals surface area contributed by atoms with E-state index in [0.29, 0.717) is 28.0 Å². The summed E-state index contributed by atoms with van der Waals surface area (Å²) in [6.45, 7) is 6.04. The minimum Gasteiger partial charge on any atom is -0.493 e. The number of hydrogen-bond acceptors (Lipinski definition) is 4. The van der Waals surface area contributed by atoms with Crippen LogP contribution in [0.25, 0.3) is 21.9 Å². The molecule has 0 spiro atoms. The van der Waals surface area contributed by atoms with E-state index in [0.717, 1.165) is 29.7 Å². The number of carbonyl (C=O) groups is 1. The van der Waals surface area contributed by atoms with Gasteiger partial charge in [0.25, 0.3) is 5.56 Å². The average Bonchev–Trinajstić information content (AvgIpc) is 2.73. The van der Waals surface area contributed by atoms with E-state index in [-0.39, 0.29) is 11.3 Å². The Morgan fingerprint density at radius 2 is 1.94 bits per heavy atom. The van der Waals surface area contributed by atoms with Crippen molar-refractivity contribution in [1.82, 2.24) is 4.57 Å². The molecule has 2 heterocycles. The van der Waals surface area contributed by atoms with Crippen LogP contribution in [0.15, 0.2) is 41.2 Å². The van der Waals surface area contributed by atoms with Gasteiger partial charge in [-0.15, -0.1) is 0 Å². The Labute approximate surface area is 191 Å². The fourth-order valence-corrected chi connectivity index (χ4v) is 4.38. The number of carboxylic acids is 1. The molecule has 6 nitrogen and oxygen atoms in total. The number of fused-ring (bicyclic) bond motifs is 2. The molecule has 1 N–H and O–H groups in total. The number of carboxylic acid groups (broad SMARTS) is 1. The van der Waals surface area contributed by atoms with Crippen LogP contribution in [0.4, 0.5) is 0 Å². The summed E-state index contributed by atoms with van der Waals surface area (Å²) in [7, 11) is 1.58. The standard InChI is InChI=1S/C25H26ClNO5/c1-25(2,3)32-22(24(29)30)21-20(15-7-10-19-14(12-15)6-5-11-31-19)18-13-16(26)8-9-17(18)23(28)27(21)4/h7-10,12-13,22H,5-6,11H2,1-4H3,(H,29,30). The first-order chi connectivity index (χ1) is 15.1. The molecule has 2 aromatic carbocycles. The highest BCUT2D eigenvalue weighted by atomic mass is 35.5. The monoisotopic (exact) mass is 455 g/mol. The molecule has 0 aliphatic carbocycles. The van der Waals surface area contributed by atoms with Crippen LogP contribution in [0.2, 0.25) is 5.02 Å². The highest BCUT2D eigenvalue weighted by Crippen LogP contribution is 2.39. The van der Waals surface area contributed by atoms with Gasteiger partial charge in [0.05, 0.1) is 17.9 Å². The summed E-state index contributed by atoms with van der Waals surface area (Å²) in [5, 5.41) is 11.6. The minimum atomic E-state index is -1.35. The zero-order valence-corrected chi connectivity index (χ0v) is 19.3. The Bertz CT molecular complexity index is 1270. The van der Waals surface area contributed by atoms with Gasteiger partial charge < -0.3 is 19.1 Å². The molecular formula is C25H26ClNO5. The van der Waals surface area contributed by atoms with Crippen molar-refractivity contribution in [2.45, 2.75) is 45.3 Å². The molecule has 1 unspecified atom stereocenters. The zero-order chi connectivity index (χ0) is 23.2. The van der Waals surface area contributed by atoms with Crippen LogP contribution in [-0.2, 0) is 23.0 Å². The molecule has 0 fully saturated rings. The van der Waals surface area contributed by atoms with Crippen molar-refractivity contribution in [1.29, 1.82) is 0 Å². The molecule has 0 saturated carbocycles. The number of aromatic nitrogens is 1. The number of nitrogens with zero attached hydrogens (tertiary/aromatic N) is 1. The van der Waals surface area contributed by atoms with Gasteiger partial charge in [-0.3, -0.25) is 4.79 Å². The third-order valence-corrected chi connectivity index (χ3v) is 5.78. The van der Waals surface area contributed by atoms with E-state index < -0.39 is 17.7 Å². The maximum Gasteiger partial charge on any atom is 0.339 e. The van der Waals surface area contributed by atoms with Gasteiger partial charge in [-0.05, 0) is 80.5 Å². The molecule has 32 heavy (non-hydrogen) atoms. The molecule has 0 bridgehead atoms. The van der Waals surface area contributed by atoms with Crippen molar-refractivity contribution >= 4 is 28.3 Å². The van der Waals surface area contributed by atoms with Gasteiger partial charge in [-0.1, -0.05) is 17.7 Å². The lowest BCUT2D eigenvalue weighted by molar-refractivity contribution is -0.161. The molecule has 0 radical (unpaired) electrons. The van der Waals surface area contributed by atoms with Gasteiger partial charge in [0.2, 0.25) is 0 Å². The molecule has 1 aromatic heterocycles. The van der Waals surface area contributed by atoms with E-state index in [1.807, 2.05) is 18.2 Å². The van der Waals surface area contributed by atoms with Gasteiger partial charge in [-0.25, -0.2) is 4.79 Å². The smallest absolute Gasteiger partial charge is 0.339 e. The van der Waals surface area contributed by atoms with E-state index >= 15 is 0 Å². The van der Waals surface area contributed by atoms with Gasteiger partial charge in [0.15, 0.2) is 6.10 Å². The summed E-state index contributed by atoms with van der Waals surface area (Å²) >= 11 is 6.31. The molecule has 4 rings (SSSR count). The van der Waals surface area contributed by atoms with Gasteiger partial charge >= 0.3 is 5.97 Å². The second-order valence-electron chi connectivity index (χ2n) is 9.04. The number of rotatable bonds is 4. The van der Waals surface area contributed by atoms with Crippen LogP contribution < -0.4 is 10.3 Å². The van der Waals surface area contributed by atoms with Crippen molar-refractivity contribution in [3.63, 3.8) is 0 Å². The van der Waals surface area contributed by atoms with Crippen molar-refractivity contribution in [2.24, 2.45) is 7.05 Å². The fourth-order valence-electron chi connectivity index (χ4n) is 4.21. The third kappa shape index (κ3) is 4.12. The lowest BCUT2D eigenvalue weighted by atomic mass is 9.92. The number of aryl methyl sites for hydroxylation is 1. The third-order valence-electron chi connectivity index (χ3n) is 5.54. The van der Waals surface area contributed by atoms with Crippen LogP contribution in [0, 0.1) is 0 Å².